The number of benzene rings is 2. The second-order valence-corrected chi connectivity index (χ2v) is 9.89. The predicted molar refractivity (Wildman–Crippen MR) is 148 cm³/mol. The lowest BCUT2D eigenvalue weighted by atomic mass is 10.1. The first-order valence-corrected chi connectivity index (χ1v) is 13.3. The first-order valence-electron chi connectivity index (χ1n) is 11.2. The molecule has 0 unspecified atom stereocenters. The van der Waals surface area contributed by atoms with Crippen molar-refractivity contribution < 1.29 is 7.65 Å². The number of hydrogen-bond donors (Lipinski definition) is 2. The van der Waals surface area contributed by atoms with Gasteiger partial charge in [-0.3, -0.25) is 4.79 Å². The van der Waals surface area contributed by atoms with Crippen molar-refractivity contribution in [2.45, 2.75) is 18.4 Å². The summed E-state index contributed by atoms with van der Waals surface area (Å²) >= 11 is 3.45. The molecule has 0 bridgehead atoms. The number of nitrogens with one attached hydrogen (secondary N) is 2. The van der Waals surface area contributed by atoms with Crippen molar-refractivity contribution in [1.29, 1.82) is 0 Å². The SMILES string of the molecule is CSc1ccc(CNC=O)cc1.Cc1ccc(-c2cc3c(N4CCNCC4)ncnc3s2)cc1.[HH].[HH]. The van der Waals surface area contributed by atoms with Gasteiger partial charge in [0.05, 0.1) is 5.39 Å². The lowest BCUT2D eigenvalue weighted by Gasteiger charge is -2.28. The highest BCUT2D eigenvalue weighted by molar-refractivity contribution is 7.98. The van der Waals surface area contributed by atoms with Gasteiger partial charge in [-0.25, -0.2) is 9.97 Å². The number of carbonyl (C=O) groups is 1. The molecule has 1 amide bonds. The number of thioether (sulfide) groups is 1. The van der Waals surface area contributed by atoms with E-state index in [1.54, 1.807) is 29.4 Å². The molecule has 3 heterocycles. The van der Waals surface area contributed by atoms with Crippen LogP contribution < -0.4 is 15.5 Å². The standard InChI is InChI=1S/C17H18N4S.C9H11NOS.2H2/c1-12-2-4-13(5-3-12)15-10-14-16(19-11-20-17(14)22-15)21-8-6-18-7-9-21;1-12-9-4-2-8(3-5-9)6-10-7-11;;/h2-5,10-11,18H,6-9H2,1H3;2-5,7H,6H2,1H3,(H,10,11);2*1H. The Hall–Kier alpha value is -2.94. The van der Waals surface area contributed by atoms with Gasteiger partial charge in [-0.15, -0.1) is 23.1 Å². The number of rotatable bonds is 6. The number of thiophene rings is 1. The van der Waals surface area contributed by atoms with E-state index in [9.17, 15) is 4.79 Å². The van der Waals surface area contributed by atoms with Gasteiger partial charge in [0.15, 0.2) is 0 Å². The average Bonchev–Trinajstić information content (AvgIpc) is 3.34. The number of carbonyl (C=O) groups excluding carboxylic acids is 1. The van der Waals surface area contributed by atoms with Gasteiger partial charge in [-0.1, -0.05) is 42.0 Å². The van der Waals surface area contributed by atoms with Crippen molar-refractivity contribution in [3.05, 3.63) is 72.1 Å². The minimum absolute atomic E-state index is 0. The molecule has 8 heteroatoms. The van der Waals surface area contributed by atoms with E-state index in [0.29, 0.717) is 13.0 Å². The van der Waals surface area contributed by atoms with Crippen LogP contribution in [0.4, 0.5) is 5.82 Å². The molecule has 34 heavy (non-hydrogen) atoms. The summed E-state index contributed by atoms with van der Waals surface area (Å²) < 4.78 is 0. The molecule has 2 N–H and O–H groups in total. The fourth-order valence-electron chi connectivity index (χ4n) is 3.73. The van der Waals surface area contributed by atoms with Crippen LogP contribution in [0.15, 0.2) is 65.8 Å². The highest BCUT2D eigenvalue weighted by atomic mass is 32.2. The zero-order chi connectivity index (χ0) is 23.8. The Bertz CT molecular complexity index is 1210. The number of anilines is 1. The maximum absolute atomic E-state index is 9.99. The van der Waals surface area contributed by atoms with Crippen LogP contribution in [0.5, 0.6) is 0 Å². The minimum Gasteiger partial charge on any atom is -0.355 e. The summed E-state index contributed by atoms with van der Waals surface area (Å²) in [5.41, 5.74) is 3.66. The molecule has 2 aromatic carbocycles. The fourth-order valence-corrected chi connectivity index (χ4v) is 5.14. The molecule has 5 rings (SSSR count). The summed E-state index contributed by atoms with van der Waals surface area (Å²) in [5, 5.41) is 7.17. The number of fused-ring (bicyclic) bond motifs is 1. The molecule has 0 spiro atoms. The molecular formula is C26H33N5OS2. The molecule has 1 fully saturated rings. The van der Waals surface area contributed by atoms with Crippen molar-refractivity contribution >= 4 is 45.5 Å². The molecule has 0 atom stereocenters. The van der Waals surface area contributed by atoms with Crippen molar-refractivity contribution in [2.75, 3.05) is 37.3 Å². The highest BCUT2D eigenvalue weighted by Gasteiger charge is 2.17. The maximum atomic E-state index is 9.99. The maximum Gasteiger partial charge on any atom is 0.207 e. The van der Waals surface area contributed by atoms with E-state index in [1.807, 2.05) is 30.5 Å². The average molecular weight is 496 g/mol. The van der Waals surface area contributed by atoms with Crippen LogP contribution in [0, 0.1) is 6.92 Å². The second kappa shape index (κ2) is 12.0. The van der Waals surface area contributed by atoms with Crippen molar-refractivity contribution in [1.82, 2.24) is 20.6 Å². The molecule has 1 aliphatic heterocycles. The van der Waals surface area contributed by atoms with Crippen LogP contribution in [-0.2, 0) is 11.3 Å². The molecule has 4 aromatic rings. The quantitative estimate of drug-likeness (QED) is 0.282. The molecular weight excluding hydrogens is 462 g/mol. The minimum atomic E-state index is 0. The van der Waals surface area contributed by atoms with Crippen LogP contribution in [0.25, 0.3) is 20.7 Å². The molecule has 1 saturated heterocycles. The first kappa shape index (κ1) is 24.2. The lowest BCUT2D eigenvalue weighted by molar-refractivity contribution is -0.109. The van der Waals surface area contributed by atoms with Crippen LogP contribution in [0.2, 0.25) is 0 Å². The van der Waals surface area contributed by atoms with Crippen molar-refractivity contribution in [2.24, 2.45) is 0 Å². The second-order valence-electron chi connectivity index (χ2n) is 7.98. The summed E-state index contributed by atoms with van der Waals surface area (Å²) in [6.07, 6.45) is 4.44. The molecule has 0 saturated carbocycles. The zero-order valence-corrected chi connectivity index (χ0v) is 21.1. The molecule has 6 nitrogen and oxygen atoms in total. The topological polar surface area (TPSA) is 70.2 Å². The number of piperazine rings is 1. The summed E-state index contributed by atoms with van der Waals surface area (Å²) in [6.45, 7) is 6.76. The largest absolute Gasteiger partial charge is 0.355 e. The molecule has 0 aliphatic carbocycles. The molecule has 0 radical (unpaired) electrons. The van der Waals surface area contributed by atoms with E-state index in [1.165, 1.54) is 26.3 Å². The Labute approximate surface area is 211 Å². The van der Waals surface area contributed by atoms with E-state index >= 15 is 0 Å². The van der Waals surface area contributed by atoms with E-state index in [0.717, 1.165) is 42.4 Å². The summed E-state index contributed by atoms with van der Waals surface area (Å²) in [6, 6.07) is 19.0. The van der Waals surface area contributed by atoms with Gasteiger partial charge < -0.3 is 15.5 Å². The highest BCUT2D eigenvalue weighted by Crippen LogP contribution is 2.36. The fraction of sp³-hybridized carbons (Fsp3) is 0.269. The van der Waals surface area contributed by atoms with Gasteiger partial charge >= 0.3 is 0 Å². The summed E-state index contributed by atoms with van der Waals surface area (Å²) in [4.78, 5) is 24.9. The van der Waals surface area contributed by atoms with Gasteiger partial charge in [0.2, 0.25) is 6.41 Å². The van der Waals surface area contributed by atoms with Gasteiger partial charge in [0, 0.05) is 45.3 Å². The van der Waals surface area contributed by atoms with E-state index < -0.39 is 0 Å². The first-order chi connectivity index (χ1) is 16.7. The normalized spacial score (nSPS) is 13.3. The smallest absolute Gasteiger partial charge is 0.207 e. The van der Waals surface area contributed by atoms with Gasteiger partial charge in [-0.2, -0.15) is 0 Å². The third kappa shape index (κ3) is 6.14. The van der Waals surface area contributed by atoms with Gasteiger partial charge in [0.25, 0.3) is 0 Å². The Morgan fingerprint density at radius 1 is 1.12 bits per heavy atom. The zero-order valence-electron chi connectivity index (χ0n) is 19.5. The van der Waals surface area contributed by atoms with E-state index in [4.69, 9.17) is 0 Å². The lowest BCUT2D eigenvalue weighted by Crippen LogP contribution is -2.43. The van der Waals surface area contributed by atoms with E-state index in [2.05, 4.69) is 62.8 Å². The predicted octanol–water partition coefficient (Wildman–Crippen LogP) is 5.22. The molecule has 2 aromatic heterocycles. The Morgan fingerprint density at radius 3 is 2.53 bits per heavy atom. The molecule has 1 aliphatic rings. The van der Waals surface area contributed by atoms with Gasteiger partial charge in [0.1, 0.15) is 17.0 Å². The van der Waals surface area contributed by atoms with Crippen LogP contribution in [-0.4, -0.2) is 48.8 Å². The third-order valence-corrected chi connectivity index (χ3v) is 7.45. The Morgan fingerprint density at radius 2 is 1.85 bits per heavy atom. The summed E-state index contributed by atoms with van der Waals surface area (Å²) in [7, 11) is 0. The van der Waals surface area contributed by atoms with Crippen LogP contribution in [0.1, 0.15) is 14.0 Å². The van der Waals surface area contributed by atoms with Gasteiger partial charge in [-0.05, 0) is 42.5 Å². The number of aromatic nitrogens is 2. The van der Waals surface area contributed by atoms with Crippen LogP contribution in [0.3, 0.4) is 0 Å². The summed E-state index contributed by atoms with van der Waals surface area (Å²) in [5.74, 6) is 1.07. The number of hydrogen-bond acceptors (Lipinski definition) is 7. The number of amides is 1. The number of aryl methyl sites for hydroxylation is 1. The Balaban J connectivity index is 0.000000282. The third-order valence-electron chi connectivity index (χ3n) is 5.61. The van der Waals surface area contributed by atoms with Crippen LogP contribution >= 0.6 is 23.1 Å². The monoisotopic (exact) mass is 495 g/mol. The molecule has 180 valence electrons. The van der Waals surface area contributed by atoms with Crippen molar-refractivity contribution in [3.8, 4) is 10.4 Å². The van der Waals surface area contributed by atoms with Crippen molar-refractivity contribution in [3.63, 3.8) is 0 Å². The van der Waals surface area contributed by atoms with E-state index in [-0.39, 0.29) is 2.85 Å². The number of nitrogens with zero attached hydrogens (tertiary/aromatic N) is 3. The Kier molecular flexibility index (Phi) is 8.51.